The Bertz CT molecular complexity index is 666. The second-order valence-electron chi connectivity index (χ2n) is 8.69. The predicted octanol–water partition coefficient (Wildman–Crippen LogP) is 5.24. The van der Waals surface area contributed by atoms with Crippen LogP contribution < -0.4 is 0 Å². The normalized spacial score (nSPS) is 12.5. The molecule has 0 bridgehead atoms. The van der Waals surface area contributed by atoms with Crippen molar-refractivity contribution < 1.29 is 24.2 Å². The van der Waals surface area contributed by atoms with Crippen LogP contribution >= 0.6 is 0 Å². The predicted molar refractivity (Wildman–Crippen MR) is 123 cm³/mol. The van der Waals surface area contributed by atoms with Crippen LogP contribution in [0, 0.1) is 0 Å². The minimum Gasteiger partial charge on any atom is -0.461 e. The molecule has 0 aromatic heterocycles. The Balaban J connectivity index is 2.18. The summed E-state index contributed by atoms with van der Waals surface area (Å²) in [7, 11) is 0. The third kappa shape index (κ3) is 12.8. The van der Waals surface area contributed by atoms with Crippen molar-refractivity contribution in [1.29, 1.82) is 0 Å². The van der Waals surface area contributed by atoms with Gasteiger partial charge in [0.25, 0.3) is 0 Å². The smallest absolute Gasteiger partial charge is 0.410 e. The topological polar surface area (TPSA) is 76.1 Å². The van der Waals surface area contributed by atoms with E-state index in [1.807, 2.05) is 58.0 Å². The van der Waals surface area contributed by atoms with E-state index in [1.54, 1.807) is 4.90 Å². The van der Waals surface area contributed by atoms with E-state index < -0.39 is 5.60 Å². The monoisotopic (exact) mass is 433 g/mol. The molecule has 0 saturated carbocycles. The van der Waals surface area contributed by atoms with Crippen LogP contribution in [0.3, 0.4) is 0 Å². The highest BCUT2D eigenvalue weighted by Crippen LogP contribution is 2.15. The molecule has 1 atom stereocenters. The average molecular weight is 434 g/mol. The number of carbonyl (C=O) groups is 2. The fraction of sp³-hybridized carbons (Fsp3) is 0.600. The Morgan fingerprint density at radius 2 is 1.74 bits per heavy atom. The molecule has 0 radical (unpaired) electrons. The molecule has 1 unspecified atom stereocenters. The van der Waals surface area contributed by atoms with Crippen molar-refractivity contribution in [3.05, 3.63) is 48.0 Å². The number of hydrogen-bond donors (Lipinski definition) is 1. The van der Waals surface area contributed by atoms with Gasteiger partial charge in [-0.15, -0.1) is 0 Å². The van der Waals surface area contributed by atoms with Crippen LogP contribution in [0.25, 0.3) is 0 Å². The van der Waals surface area contributed by atoms with E-state index >= 15 is 0 Å². The number of aliphatic hydroxyl groups is 1. The summed E-state index contributed by atoms with van der Waals surface area (Å²) in [5, 5.41) is 9.26. The molecule has 174 valence electrons. The second kappa shape index (κ2) is 14.6. The summed E-state index contributed by atoms with van der Waals surface area (Å²) < 4.78 is 10.7. The molecule has 0 aliphatic rings. The van der Waals surface area contributed by atoms with E-state index in [1.165, 1.54) is 0 Å². The maximum absolute atomic E-state index is 12.3. The molecule has 0 spiro atoms. The molecule has 0 saturated heterocycles. The molecular formula is C25H39NO5. The van der Waals surface area contributed by atoms with Gasteiger partial charge in [-0.05, 0) is 65.4 Å². The molecule has 6 heteroatoms. The Morgan fingerprint density at radius 1 is 1.10 bits per heavy atom. The Hall–Kier alpha value is -2.34. The summed E-state index contributed by atoms with van der Waals surface area (Å²) in [6, 6.07) is 9.66. The first-order valence-corrected chi connectivity index (χ1v) is 11.2. The lowest BCUT2D eigenvalue weighted by atomic mass is 10.1. The van der Waals surface area contributed by atoms with Crippen molar-refractivity contribution in [1.82, 2.24) is 4.90 Å². The number of amides is 1. The van der Waals surface area contributed by atoms with Crippen molar-refractivity contribution in [2.24, 2.45) is 0 Å². The molecule has 1 rings (SSSR count). The highest BCUT2D eigenvalue weighted by molar-refractivity contribution is 5.69. The first-order valence-electron chi connectivity index (χ1n) is 11.2. The third-order valence-corrected chi connectivity index (χ3v) is 4.65. The fourth-order valence-electron chi connectivity index (χ4n) is 3.02. The quantitative estimate of drug-likeness (QED) is 0.261. The number of benzene rings is 1. The molecule has 1 aromatic rings. The van der Waals surface area contributed by atoms with Gasteiger partial charge in [0.1, 0.15) is 12.2 Å². The number of hydrogen-bond acceptors (Lipinski definition) is 5. The first kappa shape index (κ1) is 26.7. The van der Waals surface area contributed by atoms with Crippen molar-refractivity contribution >= 4 is 12.1 Å². The van der Waals surface area contributed by atoms with Crippen LogP contribution in [0.15, 0.2) is 42.5 Å². The van der Waals surface area contributed by atoms with Gasteiger partial charge < -0.3 is 19.5 Å². The van der Waals surface area contributed by atoms with Crippen LogP contribution in [-0.4, -0.2) is 46.9 Å². The molecule has 1 N–H and O–H groups in total. The number of aliphatic hydroxyl groups excluding tert-OH is 1. The van der Waals surface area contributed by atoms with E-state index in [9.17, 15) is 14.7 Å². The van der Waals surface area contributed by atoms with Gasteiger partial charge in [0.2, 0.25) is 0 Å². The maximum atomic E-state index is 12.3. The summed E-state index contributed by atoms with van der Waals surface area (Å²) >= 11 is 0. The molecule has 31 heavy (non-hydrogen) atoms. The zero-order chi connectivity index (χ0) is 23.1. The van der Waals surface area contributed by atoms with Gasteiger partial charge in [-0.25, -0.2) is 4.79 Å². The van der Waals surface area contributed by atoms with Gasteiger partial charge in [-0.2, -0.15) is 0 Å². The Kier molecular flexibility index (Phi) is 12.6. The molecule has 0 aliphatic carbocycles. The van der Waals surface area contributed by atoms with Gasteiger partial charge in [-0.3, -0.25) is 4.79 Å². The van der Waals surface area contributed by atoms with Crippen molar-refractivity contribution in [3.63, 3.8) is 0 Å². The van der Waals surface area contributed by atoms with E-state index in [0.29, 0.717) is 13.0 Å². The number of nitrogens with zero attached hydrogens (tertiary/aromatic N) is 1. The van der Waals surface area contributed by atoms with Gasteiger partial charge in [0, 0.05) is 19.0 Å². The van der Waals surface area contributed by atoms with E-state index in [0.717, 1.165) is 37.7 Å². The summed E-state index contributed by atoms with van der Waals surface area (Å²) in [5.41, 5.74) is 0.440. The lowest BCUT2D eigenvalue weighted by Crippen LogP contribution is -2.43. The minimum absolute atomic E-state index is 0.00483. The standard InChI is InChI=1S/C25H39NO5/c1-21(26(18-19-27)24(29)31-25(2,3)4)14-10-7-5-6-8-13-17-23(28)30-20-22-15-11-9-12-16-22/h5-6,9,11-12,15-16,21,27H,7-8,10,13-14,17-20H2,1-4H3. The van der Waals surface area contributed by atoms with Crippen LogP contribution in [0.2, 0.25) is 0 Å². The molecule has 0 heterocycles. The minimum atomic E-state index is -0.554. The van der Waals surface area contributed by atoms with Crippen molar-refractivity contribution in [2.45, 2.75) is 84.5 Å². The molecular weight excluding hydrogens is 394 g/mol. The van der Waals surface area contributed by atoms with Crippen LogP contribution in [0.4, 0.5) is 4.79 Å². The van der Waals surface area contributed by atoms with Gasteiger partial charge in [-0.1, -0.05) is 42.5 Å². The number of carbonyl (C=O) groups excluding carboxylic acids is 2. The van der Waals surface area contributed by atoms with Gasteiger partial charge in [0.05, 0.1) is 6.61 Å². The van der Waals surface area contributed by atoms with Crippen molar-refractivity contribution in [2.75, 3.05) is 13.2 Å². The molecule has 1 amide bonds. The van der Waals surface area contributed by atoms with Crippen LogP contribution in [0.5, 0.6) is 0 Å². The summed E-state index contributed by atoms with van der Waals surface area (Å²) in [5.74, 6) is -0.169. The Labute approximate surface area is 187 Å². The highest BCUT2D eigenvalue weighted by Gasteiger charge is 2.25. The number of ether oxygens (including phenoxy) is 2. The average Bonchev–Trinajstić information content (AvgIpc) is 2.71. The number of esters is 1. The Morgan fingerprint density at radius 3 is 2.35 bits per heavy atom. The zero-order valence-corrected chi connectivity index (χ0v) is 19.5. The SMILES string of the molecule is CC(CCCC=CCCCC(=O)OCc1ccccc1)N(CCO)C(=O)OC(C)(C)C. The summed E-state index contributed by atoms with van der Waals surface area (Å²) in [6.45, 7) is 7.99. The van der Waals surface area contributed by atoms with Gasteiger partial charge >= 0.3 is 12.1 Å². The maximum Gasteiger partial charge on any atom is 0.410 e. The van der Waals surface area contributed by atoms with Gasteiger partial charge in [0.15, 0.2) is 0 Å². The number of allylic oxidation sites excluding steroid dienone is 2. The van der Waals surface area contributed by atoms with Crippen LogP contribution in [-0.2, 0) is 20.9 Å². The second-order valence-corrected chi connectivity index (χ2v) is 8.69. The summed E-state index contributed by atoms with van der Waals surface area (Å²) in [6.07, 6.45) is 8.51. The number of rotatable bonds is 13. The van der Waals surface area contributed by atoms with E-state index in [4.69, 9.17) is 9.47 Å². The molecule has 6 nitrogen and oxygen atoms in total. The van der Waals surface area contributed by atoms with Crippen LogP contribution in [0.1, 0.15) is 71.8 Å². The van der Waals surface area contributed by atoms with E-state index in [2.05, 4.69) is 12.2 Å². The lowest BCUT2D eigenvalue weighted by molar-refractivity contribution is -0.145. The highest BCUT2D eigenvalue weighted by atomic mass is 16.6. The fourth-order valence-corrected chi connectivity index (χ4v) is 3.02. The number of unbranched alkanes of at least 4 members (excludes halogenated alkanes) is 2. The molecule has 0 aliphatic heterocycles. The third-order valence-electron chi connectivity index (χ3n) is 4.65. The molecule has 0 fully saturated rings. The van der Waals surface area contributed by atoms with Crippen molar-refractivity contribution in [3.8, 4) is 0 Å². The largest absolute Gasteiger partial charge is 0.461 e. The first-order chi connectivity index (χ1) is 14.7. The summed E-state index contributed by atoms with van der Waals surface area (Å²) in [4.78, 5) is 25.7. The van der Waals surface area contributed by atoms with E-state index in [-0.39, 0.29) is 31.3 Å². The molecule has 1 aromatic carbocycles. The zero-order valence-electron chi connectivity index (χ0n) is 19.5. The lowest BCUT2D eigenvalue weighted by Gasteiger charge is -2.31.